The molecule has 1 aromatic carbocycles. The molecule has 0 spiro atoms. The Balaban J connectivity index is 1.18. The van der Waals surface area contributed by atoms with E-state index in [9.17, 15) is 9.18 Å². The number of carbonyl (C=O) groups is 1. The van der Waals surface area contributed by atoms with Gasteiger partial charge in [0.25, 0.3) is 0 Å². The second-order valence-electron chi connectivity index (χ2n) is 8.85. The van der Waals surface area contributed by atoms with Crippen LogP contribution in [-0.4, -0.2) is 57.0 Å². The highest BCUT2D eigenvalue weighted by Crippen LogP contribution is 2.28. The number of halogens is 2. The highest BCUT2D eigenvalue weighted by Gasteiger charge is 2.24. The molecule has 0 radical (unpaired) electrons. The number of likely N-dealkylation sites (tertiary alicyclic amines) is 1. The molecule has 8 nitrogen and oxygen atoms in total. The first-order valence-electron chi connectivity index (χ1n) is 11.9. The Labute approximate surface area is 212 Å². The Morgan fingerprint density at radius 3 is 2.97 bits per heavy atom. The van der Waals surface area contributed by atoms with Gasteiger partial charge in [0.05, 0.1) is 17.8 Å². The number of aromatic amines is 1. The third kappa shape index (κ3) is 5.63. The fraction of sp³-hybridized carbons (Fsp3) is 0.308. The van der Waals surface area contributed by atoms with Crippen molar-refractivity contribution in [2.75, 3.05) is 31.6 Å². The Morgan fingerprint density at radius 1 is 1.25 bits per heavy atom. The monoisotopic (exact) mass is 508 g/mol. The molecule has 1 aliphatic heterocycles. The first-order valence-corrected chi connectivity index (χ1v) is 12.2. The lowest BCUT2D eigenvalue weighted by molar-refractivity contribution is -0.138. The molecule has 2 N–H and O–H groups in total. The van der Waals surface area contributed by atoms with E-state index in [0.29, 0.717) is 48.3 Å². The molecule has 36 heavy (non-hydrogen) atoms. The summed E-state index contributed by atoms with van der Waals surface area (Å²) >= 11 is 6.09. The van der Waals surface area contributed by atoms with Crippen LogP contribution in [-0.2, 0) is 16.1 Å². The maximum absolute atomic E-state index is 14.5. The number of hydrogen-bond donors (Lipinski definition) is 2. The highest BCUT2D eigenvalue weighted by molar-refractivity contribution is 6.31. The molecule has 1 saturated heterocycles. The molecule has 186 valence electrons. The van der Waals surface area contributed by atoms with E-state index in [0.717, 1.165) is 30.0 Å². The van der Waals surface area contributed by atoms with Crippen molar-refractivity contribution in [2.24, 2.45) is 5.92 Å². The number of aromatic nitrogens is 4. The van der Waals surface area contributed by atoms with Gasteiger partial charge in [0.2, 0.25) is 5.91 Å². The van der Waals surface area contributed by atoms with E-state index in [2.05, 4.69) is 25.3 Å². The van der Waals surface area contributed by atoms with E-state index in [-0.39, 0.29) is 24.2 Å². The van der Waals surface area contributed by atoms with Crippen molar-refractivity contribution >= 4 is 34.4 Å². The number of fused-ring (bicyclic) bond motifs is 1. The summed E-state index contributed by atoms with van der Waals surface area (Å²) in [5, 5.41) is 4.37. The van der Waals surface area contributed by atoms with Crippen LogP contribution in [0.4, 0.5) is 10.2 Å². The summed E-state index contributed by atoms with van der Waals surface area (Å²) in [7, 11) is 0. The zero-order valence-corrected chi connectivity index (χ0v) is 20.3. The van der Waals surface area contributed by atoms with Crippen molar-refractivity contribution < 1.29 is 13.9 Å². The van der Waals surface area contributed by atoms with Gasteiger partial charge in [0.15, 0.2) is 17.5 Å². The molecular formula is C26H26ClFN6O2. The van der Waals surface area contributed by atoms with Gasteiger partial charge < -0.3 is 19.9 Å². The summed E-state index contributed by atoms with van der Waals surface area (Å²) < 4.78 is 20.1. The Hall–Kier alpha value is -3.56. The number of nitrogens with one attached hydrogen (secondary N) is 2. The molecule has 5 rings (SSSR count). The molecule has 4 aromatic rings. The molecule has 1 amide bonds. The van der Waals surface area contributed by atoms with E-state index in [4.69, 9.17) is 16.3 Å². The third-order valence-corrected chi connectivity index (χ3v) is 6.46. The van der Waals surface area contributed by atoms with E-state index in [1.165, 1.54) is 0 Å². The Bertz CT molecular complexity index is 1350. The zero-order chi connectivity index (χ0) is 24.9. The number of pyridine rings is 1. The minimum atomic E-state index is -0.534. The molecular weight excluding hydrogens is 483 g/mol. The summed E-state index contributed by atoms with van der Waals surface area (Å²) in [6.45, 7) is 2.23. The average Bonchev–Trinajstić information content (AvgIpc) is 3.32. The van der Waals surface area contributed by atoms with Gasteiger partial charge in [-0.25, -0.2) is 19.3 Å². The summed E-state index contributed by atoms with van der Waals surface area (Å²) in [5.41, 5.74) is 2.37. The van der Waals surface area contributed by atoms with Crippen LogP contribution in [0.2, 0.25) is 5.02 Å². The smallest absolute Gasteiger partial charge is 0.248 e. The molecule has 0 saturated carbocycles. The van der Waals surface area contributed by atoms with Gasteiger partial charge in [-0.15, -0.1) is 0 Å². The molecule has 1 aliphatic rings. The van der Waals surface area contributed by atoms with Gasteiger partial charge in [-0.3, -0.25) is 4.79 Å². The predicted octanol–water partition coefficient (Wildman–Crippen LogP) is 4.68. The Morgan fingerprint density at radius 2 is 2.11 bits per heavy atom. The second kappa shape index (κ2) is 11.0. The third-order valence-electron chi connectivity index (χ3n) is 6.25. The second-order valence-corrected chi connectivity index (χ2v) is 9.29. The van der Waals surface area contributed by atoms with E-state index < -0.39 is 5.82 Å². The van der Waals surface area contributed by atoms with Gasteiger partial charge in [-0.1, -0.05) is 41.9 Å². The number of ether oxygens (including phenoxy) is 1. The summed E-state index contributed by atoms with van der Waals surface area (Å²) in [5.74, 6) is 0.0977. The van der Waals surface area contributed by atoms with Gasteiger partial charge in [-0.05, 0) is 30.4 Å². The maximum atomic E-state index is 14.5. The molecule has 3 aromatic heterocycles. The van der Waals surface area contributed by atoms with Crippen LogP contribution in [0.25, 0.3) is 22.4 Å². The number of rotatable bonds is 8. The van der Waals surface area contributed by atoms with Crippen LogP contribution in [0, 0.1) is 11.7 Å². The molecule has 0 bridgehead atoms. The van der Waals surface area contributed by atoms with Gasteiger partial charge in [0.1, 0.15) is 12.3 Å². The van der Waals surface area contributed by atoms with E-state index >= 15 is 0 Å². The quantitative estimate of drug-likeness (QED) is 0.359. The van der Waals surface area contributed by atoms with Crippen molar-refractivity contribution in [1.29, 1.82) is 0 Å². The van der Waals surface area contributed by atoms with Crippen LogP contribution in [0.15, 0.2) is 55.0 Å². The van der Waals surface area contributed by atoms with Crippen molar-refractivity contribution in [3.8, 4) is 11.4 Å². The molecule has 0 aliphatic carbocycles. The lowest BCUT2D eigenvalue weighted by Gasteiger charge is -2.33. The normalized spacial score (nSPS) is 15.8. The molecule has 1 atom stereocenters. The predicted molar refractivity (Wildman–Crippen MR) is 136 cm³/mol. The standard InChI is InChI=1S/C26H26ClFN6O2/c27-19-9-20-21(12-31-24(20)30-11-19)25-32-13-22(28)26(33-25)29-10-18-7-4-8-34(14-18)23(35)16-36-15-17-5-2-1-3-6-17/h1-3,5-6,9,11-13,18H,4,7-8,10,14-16H2,(H,30,31)(H,29,32,33). The molecule has 10 heteroatoms. The van der Waals surface area contributed by atoms with Gasteiger partial charge in [-0.2, -0.15) is 0 Å². The number of benzene rings is 1. The fourth-order valence-corrected chi connectivity index (χ4v) is 4.56. The van der Waals surface area contributed by atoms with Crippen LogP contribution < -0.4 is 5.32 Å². The van der Waals surface area contributed by atoms with E-state index in [1.807, 2.05) is 35.2 Å². The average molecular weight is 509 g/mol. The summed E-state index contributed by atoms with van der Waals surface area (Å²) in [6, 6.07) is 11.5. The Kier molecular flexibility index (Phi) is 7.39. The highest BCUT2D eigenvalue weighted by atomic mass is 35.5. The number of piperidine rings is 1. The number of amides is 1. The van der Waals surface area contributed by atoms with Crippen LogP contribution in [0.1, 0.15) is 18.4 Å². The van der Waals surface area contributed by atoms with Crippen molar-refractivity contribution in [3.05, 3.63) is 71.4 Å². The number of H-pyrrole nitrogens is 1. The van der Waals surface area contributed by atoms with Crippen molar-refractivity contribution in [1.82, 2.24) is 24.8 Å². The van der Waals surface area contributed by atoms with E-state index in [1.54, 1.807) is 18.5 Å². The minimum absolute atomic E-state index is 0.0299. The number of hydrogen-bond acceptors (Lipinski definition) is 6. The largest absolute Gasteiger partial charge is 0.367 e. The first kappa shape index (κ1) is 24.1. The lowest BCUT2D eigenvalue weighted by atomic mass is 9.98. The lowest BCUT2D eigenvalue weighted by Crippen LogP contribution is -2.43. The fourth-order valence-electron chi connectivity index (χ4n) is 4.40. The van der Waals surface area contributed by atoms with Crippen LogP contribution in [0.3, 0.4) is 0 Å². The number of carbonyl (C=O) groups excluding carboxylic acids is 1. The molecule has 1 fully saturated rings. The maximum Gasteiger partial charge on any atom is 0.248 e. The first-order chi connectivity index (χ1) is 17.6. The molecule has 4 heterocycles. The number of nitrogens with zero attached hydrogens (tertiary/aromatic N) is 4. The van der Waals surface area contributed by atoms with Crippen LogP contribution >= 0.6 is 11.6 Å². The topological polar surface area (TPSA) is 96.0 Å². The summed E-state index contributed by atoms with van der Waals surface area (Å²) in [6.07, 6.45) is 6.26. The van der Waals surface area contributed by atoms with Crippen molar-refractivity contribution in [2.45, 2.75) is 19.4 Å². The van der Waals surface area contributed by atoms with Crippen molar-refractivity contribution in [3.63, 3.8) is 0 Å². The summed E-state index contributed by atoms with van der Waals surface area (Å²) in [4.78, 5) is 30.4. The minimum Gasteiger partial charge on any atom is -0.367 e. The SMILES string of the molecule is O=C(COCc1ccccc1)N1CCCC(CNc2nc(-c3c[nH]c4ncc(Cl)cc34)ncc2F)C1. The van der Waals surface area contributed by atoms with Gasteiger partial charge in [0, 0.05) is 43.0 Å². The molecule has 1 unspecified atom stereocenters. The number of anilines is 1. The zero-order valence-electron chi connectivity index (χ0n) is 19.6. The van der Waals surface area contributed by atoms with Gasteiger partial charge >= 0.3 is 0 Å². The van der Waals surface area contributed by atoms with Crippen LogP contribution in [0.5, 0.6) is 0 Å².